The Morgan fingerprint density at radius 2 is 1.33 bits per heavy atom. The quantitative estimate of drug-likeness (QED) is 0.154. The molecule has 0 unspecified atom stereocenters. The van der Waals surface area contributed by atoms with Crippen molar-refractivity contribution in [3.8, 4) is 78.6 Å². The van der Waals surface area contributed by atoms with Crippen LogP contribution in [0.25, 0.3) is 83.9 Å². The van der Waals surface area contributed by atoms with Crippen LogP contribution in [0.2, 0.25) is 0 Å². The summed E-state index contributed by atoms with van der Waals surface area (Å²) in [5.41, 5.74) is 14.3. The number of benzene rings is 7. The van der Waals surface area contributed by atoms with Gasteiger partial charge in [-0.15, -0.1) is 23.8 Å². The molecule has 0 fully saturated rings. The van der Waals surface area contributed by atoms with Gasteiger partial charge in [-0.1, -0.05) is 172 Å². The number of nitrogens with zero attached hydrogens (tertiary/aromatic N) is 3. The van der Waals surface area contributed by atoms with Crippen molar-refractivity contribution in [2.45, 2.75) is 52.8 Å². The fourth-order valence-corrected chi connectivity index (χ4v) is 7.90. The van der Waals surface area contributed by atoms with E-state index in [4.69, 9.17) is 15.5 Å². The first-order valence-electron chi connectivity index (χ1n) is 22.3. The monoisotopic (exact) mass is 977 g/mol. The van der Waals surface area contributed by atoms with Crippen LogP contribution < -0.4 is 0 Å². The molecule has 9 rings (SSSR count). The number of rotatable bonds is 8. The molecule has 0 atom stereocenters. The third kappa shape index (κ3) is 8.26. The minimum absolute atomic E-state index is 0. The van der Waals surface area contributed by atoms with Gasteiger partial charge in [-0.3, -0.25) is 9.55 Å². The zero-order chi connectivity index (χ0) is 45.0. The van der Waals surface area contributed by atoms with Crippen LogP contribution in [-0.4, -0.2) is 19.6 Å². The van der Waals surface area contributed by atoms with E-state index in [1.165, 1.54) is 5.56 Å². The van der Waals surface area contributed by atoms with E-state index in [1.54, 1.807) is 24.4 Å². The molecule has 61 heavy (non-hydrogen) atoms. The number of hydrogen-bond acceptors (Lipinski definition) is 3. The first-order valence-corrected chi connectivity index (χ1v) is 20.3. The topological polar surface area (TPSA) is 50.9 Å². The molecular formula is C56H48N3OPt-. The Bertz CT molecular complexity index is 3160. The molecule has 0 bridgehead atoms. The van der Waals surface area contributed by atoms with Gasteiger partial charge in [0.1, 0.15) is 11.6 Å². The van der Waals surface area contributed by atoms with Crippen LogP contribution in [0.3, 0.4) is 0 Å². The van der Waals surface area contributed by atoms with Crippen molar-refractivity contribution in [3.63, 3.8) is 0 Å². The predicted octanol–water partition coefficient (Wildman–Crippen LogP) is 14.7. The molecule has 304 valence electrons. The Hall–Kier alpha value is -6.35. The zero-order valence-electron chi connectivity index (χ0n) is 38.8. The Balaban J connectivity index is 0.00000576. The number of imidazole rings is 1. The van der Waals surface area contributed by atoms with E-state index >= 15 is 0 Å². The number of fused-ring (bicyclic) bond motifs is 1. The second-order valence-corrected chi connectivity index (χ2v) is 16.6. The molecule has 0 saturated carbocycles. The number of aryl methyl sites for hydroxylation is 1. The average molecular weight is 978 g/mol. The molecule has 1 N–H and O–H groups in total. The summed E-state index contributed by atoms with van der Waals surface area (Å²) >= 11 is 0. The third-order valence-corrected chi connectivity index (χ3v) is 11.2. The van der Waals surface area contributed by atoms with E-state index in [-0.39, 0.29) is 32.2 Å². The van der Waals surface area contributed by atoms with Crippen LogP contribution in [0.4, 0.5) is 0 Å². The number of phenolic OH excluding ortho intramolecular Hbond substituents is 1. The molecule has 2 heterocycles. The number of aromatic nitrogens is 3. The van der Waals surface area contributed by atoms with E-state index in [2.05, 4.69) is 104 Å². The smallest absolute Gasteiger partial charge is 0.148 e. The van der Waals surface area contributed by atoms with Crippen molar-refractivity contribution in [2.75, 3.05) is 0 Å². The summed E-state index contributed by atoms with van der Waals surface area (Å²) in [7, 11) is 0. The van der Waals surface area contributed by atoms with Gasteiger partial charge in [-0.2, -0.15) is 0 Å². The molecule has 2 aromatic heterocycles. The van der Waals surface area contributed by atoms with Gasteiger partial charge >= 0.3 is 0 Å². The zero-order valence-corrected chi connectivity index (χ0v) is 37.0. The van der Waals surface area contributed by atoms with Gasteiger partial charge in [-0.05, 0) is 87.9 Å². The number of para-hydroxylation sites is 2. The van der Waals surface area contributed by atoms with E-state index in [0.717, 1.165) is 72.4 Å². The first-order chi connectivity index (χ1) is 30.5. The summed E-state index contributed by atoms with van der Waals surface area (Å²) in [4.78, 5) is 10.3. The molecule has 0 aliphatic heterocycles. The van der Waals surface area contributed by atoms with Crippen LogP contribution in [0.15, 0.2) is 170 Å². The summed E-state index contributed by atoms with van der Waals surface area (Å²) in [6, 6.07) is 57.4. The van der Waals surface area contributed by atoms with Crippen LogP contribution in [0.5, 0.6) is 5.75 Å². The maximum atomic E-state index is 11.5. The van der Waals surface area contributed by atoms with Crippen LogP contribution >= 0.6 is 0 Å². The van der Waals surface area contributed by atoms with Gasteiger partial charge in [0.25, 0.3) is 0 Å². The predicted molar refractivity (Wildman–Crippen MR) is 250 cm³/mol. The van der Waals surface area contributed by atoms with Crippen molar-refractivity contribution in [2.24, 2.45) is 0 Å². The molecular weight excluding hydrogens is 926 g/mol. The summed E-state index contributed by atoms with van der Waals surface area (Å²) in [5, 5.41) is 11.5. The second kappa shape index (κ2) is 17.0. The second-order valence-electron chi connectivity index (χ2n) is 16.6. The third-order valence-electron chi connectivity index (χ3n) is 11.2. The van der Waals surface area contributed by atoms with Crippen LogP contribution in [0.1, 0.15) is 62.7 Å². The molecule has 0 aliphatic carbocycles. The summed E-state index contributed by atoms with van der Waals surface area (Å²) in [6.45, 7) is 8.24. The molecule has 5 heteroatoms. The number of aromatic hydroxyl groups is 1. The fourth-order valence-electron chi connectivity index (χ4n) is 7.90. The molecule has 4 nitrogen and oxygen atoms in total. The number of phenols is 1. The SMILES string of the molecule is [2H]C([2H])([2H])c1ccc(-c2ccnc(-c3[c-]c(-c4cccc5c4nc(-c4ccccc4O)n5-c4ccc(C([2H])(C)C)cc4-c4ccc(C(C)(C)C)cc4)cc(-c4ccccc4)c3)c2)cc1.[Pt]. The van der Waals surface area contributed by atoms with E-state index in [9.17, 15) is 5.11 Å². The van der Waals surface area contributed by atoms with Crippen molar-refractivity contribution >= 4 is 11.0 Å². The summed E-state index contributed by atoms with van der Waals surface area (Å²) in [6.07, 6.45) is 1.77. The van der Waals surface area contributed by atoms with Gasteiger partial charge in [0.15, 0.2) is 0 Å². The largest absolute Gasteiger partial charge is 0.507 e. The minimum Gasteiger partial charge on any atom is -0.507 e. The molecule has 0 saturated heterocycles. The summed E-state index contributed by atoms with van der Waals surface area (Å²) in [5.74, 6) is -0.164. The van der Waals surface area contributed by atoms with Gasteiger partial charge in [-0.25, -0.2) is 4.98 Å². The fraction of sp³-hybridized carbons (Fsp3) is 0.143. The van der Waals surface area contributed by atoms with Crippen LogP contribution in [-0.2, 0) is 26.5 Å². The van der Waals surface area contributed by atoms with E-state index in [1.807, 2.05) is 86.6 Å². The standard InChI is InChI=1S/C56H48N3O.Pt/c1-36(2)41-25-28-51(49(34-41)40-23-26-46(27-24-40)56(4,5)6)59-52-17-12-16-47(54(52)58-55(59)48-15-10-11-18-53(48)60)44-31-43(38-13-8-7-9-14-38)32-45(33-44)50-35-42(29-30-57-50)39-21-19-37(3)20-22-39;/h7-32,34-36,60H,1-6H3;/q-1;/i3D3,36D;. The van der Waals surface area contributed by atoms with Gasteiger partial charge < -0.3 is 5.11 Å². The van der Waals surface area contributed by atoms with Gasteiger partial charge in [0.05, 0.1) is 22.3 Å². The van der Waals surface area contributed by atoms with Crippen molar-refractivity contribution < 1.29 is 31.7 Å². The molecule has 0 aliphatic rings. The molecule has 9 aromatic rings. The number of hydrogen-bond donors (Lipinski definition) is 1. The van der Waals surface area contributed by atoms with E-state index < -0.39 is 12.7 Å². The molecule has 0 amide bonds. The maximum absolute atomic E-state index is 11.5. The van der Waals surface area contributed by atoms with Gasteiger partial charge in [0.2, 0.25) is 0 Å². The molecule has 0 radical (unpaired) electrons. The van der Waals surface area contributed by atoms with Crippen molar-refractivity contribution in [1.82, 2.24) is 14.5 Å². The molecule has 0 spiro atoms. The first kappa shape index (κ1) is 36.5. The Morgan fingerprint density at radius 3 is 2.05 bits per heavy atom. The van der Waals surface area contributed by atoms with Crippen molar-refractivity contribution in [3.05, 3.63) is 193 Å². The Morgan fingerprint density at radius 1 is 0.639 bits per heavy atom. The molecule has 7 aromatic carbocycles. The van der Waals surface area contributed by atoms with Gasteiger partial charge in [0, 0.05) is 44.0 Å². The maximum Gasteiger partial charge on any atom is 0.148 e. The summed E-state index contributed by atoms with van der Waals surface area (Å²) < 4.78 is 34.6. The van der Waals surface area contributed by atoms with Crippen LogP contribution in [0, 0.1) is 12.9 Å². The Labute approximate surface area is 379 Å². The minimum atomic E-state index is -2.18. The average Bonchev–Trinajstić information content (AvgIpc) is 3.68. The number of pyridine rings is 1. The Kier molecular flexibility index (Phi) is 10.1. The van der Waals surface area contributed by atoms with E-state index in [0.29, 0.717) is 22.6 Å². The van der Waals surface area contributed by atoms with Crippen molar-refractivity contribution in [1.29, 1.82) is 0 Å². The normalized spacial score (nSPS) is 12.9.